The minimum Gasteiger partial charge on any atom is -0.329 e. The predicted molar refractivity (Wildman–Crippen MR) is 66.3 cm³/mol. The molecule has 5 nitrogen and oxygen atoms in total. The molecule has 1 saturated heterocycles. The molecule has 3 N–H and O–H groups in total. The molecule has 0 bridgehead atoms. The van der Waals surface area contributed by atoms with Gasteiger partial charge < -0.3 is 11.1 Å². The van der Waals surface area contributed by atoms with Crippen LogP contribution in [0.1, 0.15) is 11.1 Å². The predicted octanol–water partition coefficient (Wildman–Crippen LogP) is 0.188. The van der Waals surface area contributed by atoms with E-state index in [1.807, 2.05) is 0 Å². The summed E-state index contributed by atoms with van der Waals surface area (Å²) >= 11 is 0. The van der Waals surface area contributed by atoms with Gasteiger partial charge in [0.1, 0.15) is 5.82 Å². The monoisotopic (exact) mass is 261 g/mol. The zero-order chi connectivity index (χ0) is 13.8. The lowest BCUT2D eigenvalue weighted by molar-refractivity contribution is -0.125. The largest absolute Gasteiger partial charge is 0.329 e. The van der Waals surface area contributed by atoms with E-state index in [2.05, 4.69) is 17.2 Å². The SMILES string of the molecule is NCC#Cc1cc(CN2C(=O)CNC2=O)ccc1F. The van der Waals surface area contributed by atoms with Gasteiger partial charge in [0.05, 0.1) is 25.2 Å². The second kappa shape index (κ2) is 5.50. The van der Waals surface area contributed by atoms with Crippen molar-refractivity contribution in [1.29, 1.82) is 0 Å². The molecule has 19 heavy (non-hydrogen) atoms. The van der Waals surface area contributed by atoms with Gasteiger partial charge in [-0.05, 0) is 17.7 Å². The normalized spacial score (nSPS) is 14.1. The third kappa shape index (κ3) is 2.89. The van der Waals surface area contributed by atoms with Gasteiger partial charge in [0.15, 0.2) is 0 Å². The fraction of sp³-hybridized carbons (Fsp3) is 0.231. The molecule has 2 rings (SSSR count). The highest BCUT2D eigenvalue weighted by Gasteiger charge is 2.28. The first-order chi connectivity index (χ1) is 9.11. The van der Waals surface area contributed by atoms with E-state index in [0.717, 1.165) is 4.90 Å². The number of urea groups is 1. The van der Waals surface area contributed by atoms with E-state index in [-0.39, 0.29) is 31.1 Å². The number of carbonyl (C=O) groups excluding carboxylic acids is 2. The minimum absolute atomic E-state index is 0.000135. The highest BCUT2D eigenvalue weighted by Crippen LogP contribution is 2.13. The zero-order valence-corrected chi connectivity index (χ0v) is 10.1. The summed E-state index contributed by atoms with van der Waals surface area (Å²) in [6.45, 7) is 0.235. The smallest absolute Gasteiger partial charge is 0.324 e. The lowest BCUT2D eigenvalue weighted by atomic mass is 10.1. The maximum atomic E-state index is 13.5. The lowest BCUT2D eigenvalue weighted by Gasteiger charge is -2.12. The van der Waals surface area contributed by atoms with Crippen LogP contribution in [-0.4, -0.2) is 29.9 Å². The van der Waals surface area contributed by atoms with E-state index < -0.39 is 11.8 Å². The molecule has 0 aromatic heterocycles. The number of nitrogens with zero attached hydrogens (tertiary/aromatic N) is 1. The summed E-state index contributed by atoms with van der Waals surface area (Å²) < 4.78 is 13.5. The van der Waals surface area contributed by atoms with Crippen LogP contribution in [0.5, 0.6) is 0 Å². The van der Waals surface area contributed by atoms with Crippen LogP contribution in [0.25, 0.3) is 0 Å². The maximum Gasteiger partial charge on any atom is 0.324 e. The number of carbonyl (C=O) groups is 2. The minimum atomic E-state index is -0.457. The molecular weight excluding hydrogens is 249 g/mol. The van der Waals surface area contributed by atoms with Crippen LogP contribution < -0.4 is 11.1 Å². The Morgan fingerprint density at radius 1 is 1.42 bits per heavy atom. The molecule has 6 heteroatoms. The van der Waals surface area contributed by atoms with Crippen molar-refractivity contribution in [2.75, 3.05) is 13.1 Å². The van der Waals surface area contributed by atoms with Crippen LogP contribution >= 0.6 is 0 Å². The molecule has 1 aromatic rings. The van der Waals surface area contributed by atoms with Gasteiger partial charge in [-0.3, -0.25) is 9.69 Å². The van der Waals surface area contributed by atoms with Gasteiger partial charge in [0, 0.05) is 0 Å². The molecule has 1 fully saturated rings. The van der Waals surface area contributed by atoms with Gasteiger partial charge in [-0.15, -0.1) is 0 Å². The zero-order valence-electron chi connectivity index (χ0n) is 10.1. The Morgan fingerprint density at radius 3 is 2.84 bits per heavy atom. The summed E-state index contributed by atoms with van der Waals surface area (Å²) in [6, 6.07) is 3.84. The molecular formula is C13H12FN3O2. The summed E-state index contributed by atoms with van der Waals surface area (Å²) in [4.78, 5) is 23.9. The number of amides is 3. The number of nitrogens with one attached hydrogen (secondary N) is 1. The summed E-state index contributed by atoms with van der Waals surface area (Å²) in [6.07, 6.45) is 0. The number of rotatable bonds is 2. The van der Waals surface area contributed by atoms with E-state index >= 15 is 0 Å². The Labute approximate surface area is 109 Å². The van der Waals surface area contributed by atoms with Gasteiger partial charge in [-0.1, -0.05) is 17.9 Å². The second-order valence-electron chi connectivity index (χ2n) is 3.96. The van der Waals surface area contributed by atoms with Crippen LogP contribution in [0.4, 0.5) is 9.18 Å². The van der Waals surface area contributed by atoms with E-state index in [4.69, 9.17) is 5.73 Å². The first-order valence-electron chi connectivity index (χ1n) is 5.67. The van der Waals surface area contributed by atoms with Crippen LogP contribution in [-0.2, 0) is 11.3 Å². The fourth-order valence-corrected chi connectivity index (χ4v) is 1.71. The molecule has 0 unspecified atom stereocenters. The molecule has 0 saturated carbocycles. The Kier molecular flexibility index (Phi) is 3.78. The molecule has 0 atom stereocenters. The van der Waals surface area contributed by atoms with Gasteiger partial charge in [-0.25, -0.2) is 9.18 Å². The van der Waals surface area contributed by atoms with Crippen LogP contribution in [0.2, 0.25) is 0 Å². The van der Waals surface area contributed by atoms with Crippen LogP contribution in [0, 0.1) is 17.7 Å². The van der Waals surface area contributed by atoms with Gasteiger partial charge in [-0.2, -0.15) is 0 Å². The molecule has 1 aromatic carbocycles. The highest BCUT2D eigenvalue weighted by molar-refractivity contribution is 6.01. The first-order valence-corrected chi connectivity index (χ1v) is 5.67. The number of imide groups is 1. The molecule has 3 amide bonds. The summed E-state index contributed by atoms with van der Waals surface area (Å²) in [5, 5.41) is 2.42. The average molecular weight is 261 g/mol. The Morgan fingerprint density at radius 2 is 2.21 bits per heavy atom. The Balaban J connectivity index is 2.21. The van der Waals surface area contributed by atoms with Crippen molar-refractivity contribution >= 4 is 11.9 Å². The number of benzene rings is 1. The quantitative estimate of drug-likeness (QED) is 0.589. The van der Waals surface area contributed by atoms with Crippen LogP contribution in [0.3, 0.4) is 0 Å². The number of hydrogen-bond acceptors (Lipinski definition) is 3. The molecule has 98 valence electrons. The Bertz CT molecular complexity index is 573. The third-order valence-corrected chi connectivity index (χ3v) is 2.63. The lowest BCUT2D eigenvalue weighted by Crippen LogP contribution is -2.30. The van der Waals surface area contributed by atoms with Gasteiger partial charge >= 0.3 is 6.03 Å². The maximum absolute atomic E-state index is 13.5. The van der Waals surface area contributed by atoms with Crippen molar-refractivity contribution in [3.8, 4) is 11.8 Å². The summed E-state index contributed by atoms with van der Waals surface area (Å²) in [5.41, 5.74) is 6.07. The standard InChI is InChI=1S/C13H12FN3O2/c14-11-4-3-9(6-10(11)2-1-5-15)8-17-12(18)7-16-13(17)19/h3-4,6H,5,7-8,15H2,(H,16,19). The average Bonchev–Trinajstić information content (AvgIpc) is 2.71. The second-order valence-corrected chi connectivity index (χ2v) is 3.96. The molecule has 0 spiro atoms. The van der Waals surface area contributed by atoms with E-state index in [1.54, 1.807) is 0 Å². The molecule has 0 aliphatic carbocycles. The van der Waals surface area contributed by atoms with Crippen molar-refractivity contribution < 1.29 is 14.0 Å². The first kappa shape index (κ1) is 13.1. The number of nitrogens with two attached hydrogens (primary N) is 1. The molecule has 1 aliphatic rings. The molecule has 0 radical (unpaired) electrons. The van der Waals surface area contributed by atoms with Gasteiger partial charge in [0.25, 0.3) is 0 Å². The topological polar surface area (TPSA) is 75.4 Å². The Hall–Kier alpha value is -2.39. The van der Waals surface area contributed by atoms with E-state index in [9.17, 15) is 14.0 Å². The van der Waals surface area contributed by atoms with E-state index in [0.29, 0.717) is 5.56 Å². The van der Waals surface area contributed by atoms with Crippen molar-refractivity contribution in [2.45, 2.75) is 6.54 Å². The fourth-order valence-electron chi connectivity index (χ4n) is 1.71. The van der Waals surface area contributed by atoms with Crippen molar-refractivity contribution in [3.05, 3.63) is 35.1 Å². The van der Waals surface area contributed by atoms with Crippen molar-refractivity contribution in [2.24, 2.45) is 5.73 Å². The van der Waals surface area contributed by atoms with E-state index in [1.165, 1.54) is 18.2 Å². The summed E-state index contributed by atoms with van der Waals surface area (Å²) in [5.74, 6) is 4.41. The number of hydrogen-bond donors (Lipinski definition) is 2. The molecule has 1 aliphatic heterocycles. The van der Waals surface area contributed by atoms with Crippen LogP contribution in [0.15, 0.2) is 18.2 Å². The highest BCUT2D eigenvalue weighted by atomic mass is 19.1. The van der Waals surface area contributed by atoms with Crippen molar-refractivity contribution in [1.82, 2.24) is 10.2 Å². The van der Waals surface area contributed by atoms with Crippen molar-refractivity contribution in [3.63, 3.8) is 0 Å². The van der Waals surface area contributed by atoms with Gasteiger partial charge in [0.2, 0.25) is 5.91 Å². The molecule has 1 heterocycles. The summed E-state index contributed by atoms with van der Waals surface area (Å²) in [7, 11) is 0. The number of halogens is 1. The third-order valence-electron chi connectivity index (χ3n) is 2.63.